The second kappa shape index (κ2) is 6.07. The van der Waals surface area contributed by atoms with Crippen LogP contribution in [-0.4, -0.2) is 25.4 Å². The Bertz CT molecular complexity index is 389. The van der Waals surface area contributed by atoms with Crippen LogP contribution in [0.25, 0.3) is 0 Å². The lowest BCUT2D eigenvalue weighted by molar-refractivity contribution is -0.119. The third kappa shape index (κ3) is 3.23. The SMILES string of the molecule is CSCc1ccccc1NC(=O)[C@@H]1CCOC1. The smallest absolute Gasteiger partial charge is 0.229 e. The Labute approximate surface area is 106 Å². The standard InChI is InChI=1S/C13H17NO2S/c1-17-9-11-4-2-3-5-12(11)14-13(15)10-6-7-16-8-10/h2-5,10H,6-9H2,1H3,(H,14,15)/t10-/m1/s1. The van der Waals surface area contributed by atoms with Crippen molar-refractivity contribution < 1.29 is 9.53 Å². The first kappa shape index (κ1) is 12.5. The lowest BCUT2D eigenvalue weighted by Gasteiger charge is -2.12. The molecule has 92 valence electrons. The van der Waals surface area contributed by atoms with Gasteiger partial charge >= 0.3 is 0 Å². The zero-order valence-electron chi connectivity index (χ0n) is 9.94. The van der Waals surface area contributed by atoms with Crippen molar-refractivity contribution in [2.45, 2.75) is 12.2 Å². The first-order valence-corrected chi connectivity index (χ1v) is 7.16. The number of carbonyl (C=O) groups is 1. The van der Waals surface area contributed by atoms with E-state index >= 15 is 0 Å². The zero-order chi connectivity index (χ0) is 12.1. The average Bonchev–Trinajstić information content (AvgIpc) is 2.85. The predicted octanol–water partition coefficient (Wildman–Crippen LogP) is 2.52. The molecule has 0 radical (unpaired) electrons. The van der Waals surface area contributed by atoms with Gasteiger partial charge in [0.1, 0.15) is 0 Å². The molecule has 3 nitrogen and oxygen atoms in total. The Kier molecular flexibility index (Phi) is 4.45. The zero-order valence-corrected chi connectivity index (χ0v) is 10.8. The van der Waals surface area contributed by atoms with Crippen molar-refractivity contribution in [3.63, 3.8) is 0 Å². The molecule has 0 unspecified atom stereocenters. The van der Waals surface area contributed by atoms with Gasteiger partial charge in [-0.25, -0.2) is 0 Å². The lowest BCUT2D eigenvalue weighted by Crippen LogP contribution is -2.23. The molecular weight excluding hydrogens is 234 g/mol. The van der Waals surface area contributed by atoms with Crippen LogP contribution < -0.4 is 5.32 Å². The van der Waals surface area contributed by atoms with Crippen molar-refractivity contribution in [3.05, 3.63) is 29.8 Å². The van der Waals surface area contributed by atoms with Crippen molar-refractivity contribution in [3.8, 4) is 0 Å². The van der Waals surface area contributed by atoms with Crippen LogP contribution in [0.15, 0.2) is 24.3 Å². The van der Waals surface area contributed by atoms with Gasteiger partial charge in [0.15, 0.2) is 0 Å². The van der Waals surface area contributed by atoms with Gasteiger partial charge in [0, 0.05) is 18.0 Å². The summed E-state index contributed by atoms with van der Waals surface area (Å²) in [5.74, 6) is 1.01. The normalized spacial score (nSPS) is 19.2. The monoisotopic (exact) mass is 251 g/mol. The van der Waals surface area contributed by atoms with E-state index in [1.165, 1.54) is 5.56 Å². The molecule has 1 atom stereocenters. The maximum Gasteiger partial charge on any atom is 0.229 e. The van der Waals surface area contributed by atoms with Crippen LogP contribution in [0.4, 0.5) is 5.69 Å². The van der Waals surface area contributed by atoms with E-state index in [9.17, 15) is 4.79 Å². The summed E-state index contributed by atoms with van der Waals surface area (Å²) >= 11 is 1.75. The van der Waals surface area contributed by atoms with E-state index in [4.69, 9.17) is 4.74 Å². The van der Waals surface area contributed by atoms with Gasteiger partial charge in [0.2, 0.25) is 5.91 Å². The fourth-order valence-electron chi connectivity index (χ4n) is 1.90. The van der Waals surface area contributed by atoms with E-state index in [-0.39, 0.29) is 11.8 Å². The number of hydrogen-bond acceptors (Lipinski definition) is 3. The topological polar surface area (TPSA) is 38.3 Å². The van der Waals surface area contributed by atoms with Crippen LogP contribution in [-0.2, 0) is 15.3 Å². The number of ether oxygens (including phenoxy) is 1. The third-order valence-electron chi connectivity index (χ3n) is 2.88. The summed E-state index contributed by atoms with van der Waals surface area (Å²) in [4.78, 5) is 12.0. The van der Waals surface area contributed by atoms with Crippen LogP contribution in [0.3, 0.4) is 0 Å². The Morgan fingerprint density at radius 3 is 3.06 bits per heavy atom. The minimum absolute atomic E-state index is 0.0114. The van der Waals surface area contributed by atoms with Crippen LogP contribution in [0, 0.1) is 5.92 Å². The summed E-state index contributed by atoms with van der Waals surface area (Å²) in [7, 11) is 0. The number of para-hydroxylation sites is 1. The Hall–Kier alpha value is -1.00. The summed E-state index contributed by atoms with van der Waals surface area (Å²) in [5.41, 5.74) is 2.10. The van der Waals surface area contributed by atoms with E-state index < -0.39 is 0 Å². The van der Waals surface area contributed by atoms with E-state index in [1.807, 2.05) is 18.2 Å². The summed E-state index contributed by atoms with van der Waals surface area (Å²) in [6.45, 7) is 1.25. The molecule has 0 spiro atoms. The van der Waals surface area contributed by atoms with E-state index in [0.717, 1.165) is 17.9 Å². The second-order valence-corrected chi connectivity index (χ2v) is 5.01. The van der Waals surface area contributed by atoms with E-state index in [2.05, 4.69) is 17.6 Å². The Balaban J connectivity index is 2.04. The highest BCUT2D eigenvalue weighted by Gasteiger charge is 2.23. The van der Waals surface area contributed by atoms with Gasteiger partial charge in [0.05, 0.1) is 12.5 Å². The minimum Gasteiger partial charge on any atom is -0.381 e. The number of thioether (sulfide) groups is 1. The minimum atomic E-state index is 0.0114. The molecule has 1 saturated heterocycles. The molecule has 1 aliphatic heterocycles. The van der Waals surface area contributed by atoms with Crippen LogP contribution in [0.2, 0.25) is 0 Å². The Morgan fingerprint density at radius 1 is 1.53 bits per heavy atom. The second-order valence-electron chi connectivity index (χ2n) is 4.14. The predicted molar refractivity (Wildman–Crippen MR) is 71.2 cm³/mol. The molecule has 17 heavy (non-hydrogen) atoms. The van der Waals surface area contributed by atoms with Crippen molar-refractivity contribution in [2.24, 2.45) is 5.92 Å². The number of nitrogens with one attached hydrogen (secondary N) is 1. The molecule has 1 amide bonds. The number of rotatable bonds is 4. The fraction of sp³-hybridized carbons (Fsp3) is 0.462. The van der Waals surface area contributed by atoms with E-state index in [0.29, 0.717) is 13.2 Å². The van der Waals surface area contributed by atoms with Gasteiger partial charge in [-0.3, -0.25) is 4.79 Å². The maximum atomic E-state index is 12.0. The molecular formula is C13H17NO2S. The first-order chi connectivity index (χ1) is 8.31. The summed E-state index contributed by atoms with van der Waals surface area (Å²) in [6, 6.07) is 7.96. The molecule has 4 heteroatoms. The van der Waals surface area contributed by atoms with E-state index in [1.54, 1.807) is 11.8 Å². The molecule has 1 N–H and O–H groups in total. The highest BCUT2D eigenvalue weighted by atomic mass is 32.2. The molecule has 0 aromatic heterocycles. The lowest BCUT2D eigenvalue weighted by atomic mass is 10.1. The number of anilines is 1. The van der Waals surface area contributed by atoms with Gasteiger partial charge < -0.3 is 10.1 Å². The maximum absolute atomic E-state index is 12.0. The molecule has 0 aliphatic carbocycles. The third-order valence-corrected chi connectivity index (χ3v) is 3.48. The molecule has 1 heterocycles. The molecule has 0 saturated carbocycles. The highest BCUT2D eigenvalue weighted by Crippen LogP contribution is 2.21. The van der Waals surface area contributed by atoms with Crippen molar-refractivity contribution >= 4 is 23.4 Å². The van der Waals surface area contributed by atoms with Gasteiger partial charge in [-0.1, -0.05) is 18.2 Å². The van der Waals surface area contributed by atoms with Crippen LogP contribution >= 0.6 is 11.8 Å². The highest BCUT2D eigenvalue weighted by molar-refractivity contribution is 7.97. The van der Waals surface area contributed by atoms with Gasteiger partial charge in [0.25, 0.3) is 0 Å². The van der Waals surface area contributed by atoms with Crippen LogP contribution in [0.1, 0.15) is 12.0 Å². The molecule has 2 rings (SSSR count). The number of carbonyl (C=O) groups excluding carboxylic acids is 1. The molecule has 1 aromatic rings. The molecule has 1 aromatic carbocycles. The molecule has 1 fully saturated rings. The first-order valence-electron chi connectivity index (χ1n) is 5.76. The largest absolute Gasteiger partial charge is 0.381 e. The van der Waals surface area contributed by atoms with Crippen molar-refractivity contribution in [2.75, 3.05) is 24.8 Å². The molecule has 1 aliphatic rings. The number of amides is 1. The van der Waals surface area contributed by atoms with Crippen molar-refractivity contribution in [1.82, 2.24) is 0 Å². The average molecular weight is 251 g/mol. The summed E-state index contributed by atoms with van der Waals surface area (Å²) in [5, 5.41) is 3.00. The van der Waals surface area contributed by atoms with Gasteiger partial charge in [-0.15, -0.1) is 0 Å². The number of benzene rings is 1. The summed E-state index contributed by atoms with van der Waals surface area (Å²) in [6.07, 6.45) is 2.89. The van der Waals surface area contributed by atoms with Gasteiger partial charge in [-0.2, -0.15) is 11.8 Å². The molecule has 0 bridgehead atoms. The van der Waals surface area contributed by atoms with Crippen molar-refractivity contribution in [1.29, 1.82) is 0 Å². The van der Waals surface area contributed by atoms with Gasteiger partial charge in [-0.05, 0) is 24.3 Å². The quantitative estimate of drug-likeness (QED) is 0.893. The number of hydrogen-bond donors (Lipinski definition) is 1. The van der Waals surface area contributed by atoms with Crippen LogP contribution in [0.5, 0.6) is 0 Å². The summed E-state index contributed by atoms with van der Waals surface area (Å²) < 4.78 is 5.23. The fourth-order valence-corrected chi connectivity index (χ4v) is 2.46. The Morgan fingerprint density at radius 2 is 2.35 bits per heavy atom.